The van der Waals surface area contributed by atoms with Gasteiger partial charge in [-0.05, 0) is 53.6 Å². The van der Waals surface area contributed by atoms with Crippen LogP contribution in [0.5, 0.6) is 0 Å². The minimum atomic E-state index is -0.453. The van der Waals surface area contributed by atoms with Crippen LogP contribution in [0.2, 0.25) is 0 Å². The van der Waals surface area contributed by atoms with Crippen molar-refractivity contribution >= 4 is 23.5 Å². The third-order valence-electron chi connectivity index (χ3n) is 5.50. The Balaban J connectivity index is 1.60. The summed E-state index contributed by atoms with van der Waals surface area (Å²) in [5, 5.41) is 0. The number of methoxy groups -OCH3 is 2. The molecule has 0 saturated heterocycles. The highest BCUT2D eigenvalue weighted by molar-refractivity contribution is 7.10. The quantitative estimate of drug-likeness (QED) is 0.570. The van der Waals surface area contributed by atoms with E-state index in [9.17, 15) is 9.59 Å². The maximum Gasteiger partial charge on any atom is 0.341 e. The molecule has 0 bridgehead atoms. The molecule has 0 unspecified atom stereocenters. The Morgan fingerprint density at radius 3 is 1.97 bits per heavy atom. The average molecular weight is 407 g/mol. The van der Waals surface area contributed by atoms with Crippen molar-refractivity contribution in [3.05, 3.63) is 65.4 Å². The average Bonchev–Trinajstić information content (AvgIpc) is 3.49. The summed E-state index contributed by atoms with van der Waals surface area (Å²) in [4.78, 5) is 25.0. The largest absolute Gasteiger partial charge is 0.468 e. The summed E-state index contributed by atoms with van der Waals surface area (Å²) in [6, 6.07) is 16.1. The fourth-order valence-electron chi connectivity index (χ4n) is 3.64. The highest BCUT2D eigenvalue weighted by Gasteiger charge is 2.52. The van der Waals surface area contributed by atoms with Crippen molar-refractivity contribution in [2.75, 3.05) is 14.2 Å². The SMILES string of the molecule is COC(=O)c1c(C)nsc1-c1ccc(-c2ccc(C3(C(=O)OC)CC3)cc2)cc1. The molecular formula is C23H21NO4S. The third-order valence-corrected chi connectivity index (χ3v) is 6.48. The second kappa shape index (κ2) is 7.44. The van der Waals surface area contributed by atoms with Crippen molar-refractivity contribution < 1.29 is 19.1 Å². The van der Waals surface area contributed by atoms with Gasteiger partial charge in [0.15, 0.2) is 0 Å². The van der Waals surface area contributed by atoms with Gasteiger partial charge in [-0.15, -0.1) is 0 Å². The number of esters is 2. The molecular weight excluding hydrogens is 386 g/mol. The molecule has 0 spiro atoms. The number of rotatable bonds is 5. The zero-order valence-electron chi connectivity index (χ0n) is 16.5. The lowest BCUT2D eigenvalue weighted by molar-refractivity contribution is -0.143. The van der Waals surface area contributed by atoms with Gasteiger partial charge in [-0.3, -0.25) is 4.79 Å². The maximum atomic E-state index is 12.1. The van der Waals surface area contributed by atoms with Crippen LogP contribution in [0.25, 0.3) is 21.6 Å². The molecule has 4 rings (SSSR count). The van der Waals surface area contributed by atoms with Gasteiger partial charge < -0.3 is 9.47 Å². The Morgan fingerprint density at radius 2 is 1.45 bits per heavy atom. The zero-order chi connectivity index (χ0) is 20.6. The Labute approximate surface area is 173 Å². The van der Waals surface area contributed by atoms with E-state index in [0.29, 0.717) is 11.3 Å². The Morgan fingerprint density at radius 1 is 0.897 bits per heavy atom. The molecule has 0 N–H and O–H groups in total. The number of hydrogen-bond acceptors (Lipinski definition) is 6. The third kappa shape index (κ3) is 3.34. The van der Waals surface area contributed by atoms with E-state index in [1.807, 2.05) is 55.5 Å². The van der Waals surface area contributed by atoms with Crippen LogP contribution in [0.1, 0.15) is 34.5 Å². The standard InChI is InChI=1S/C23H21NO4S/c1-14-19(21(25)27-2)20(29-24-14)17-6-4-15(5-7-17)16-8-10-18(11-9-16)23(12-13-23)22(26)28-3/h4-11H,12-13H2,1-3H3. The number of benzene rings is 2. The number of nitrogens with zero attached hydrogens (tertiary/aromatic N) is 1. The molecule has 1 saturated carbocycles. The van der Waals surface area contributed by atoms with E-state index in [4.69, 9.17) is 9.47 Å². The van der Waals surface area contributed by atoms with Gasteiger partial charge in [-0.1, -0.05) is 48.5 Å². The van der Waals surface area contributed by atoms with Gasteiger partial charge >= 0.3 is 11.9 Å². The molecule has 1 aromatic heterocycles. The Kier molecular flexibility index (Phi) is 4.96. The normalized spacial score (nSPS) is 14.3. The highest BCUT2D eigenvalue weighted by atomic mass is 32.1. The number of carbonyl (C=O) groups excluding carboxylic acids is 2. The molecule has 3 aromatic rings. The highest BCUT2D eigenvalue weighted by Crippen LogP contribution is 2.49. The predicted molar refractivity (Wildman–Crippen MR) is 112 cm³/mol. The van der Waals surface area contributed by atoms with E-state index < -0.39 is 5.41 Å². The maximum absolute atomic E-state index is 12.1. The Hall–Kier alpha value is -2.99. The van der Waals surface area contributed by atoms with Crippen molar-refractivity contribution in [3.63, 3.8) is 0 Å². The molecule has 5 nitrogen and oxygen atoms in total. The van der Waals surface area contributed by atoms with Gasteiger partial charge in [0.2, 0.25) is 0 Å². The van der Waals surface area contributed by atoms with E-state index in [1.165, 1.54) is 25.8 Å². The molecule has 2 aromatic carbocycles. The van der Waals surface area contributed by atoms with Gasteiger partial charge in [0.25, 0.3) is 0 Å². The number of ether oxygens (including phenoxy) is 2. The first-order chi connectivity index (χ1) is 14.0. The van der Waals surface area contributed by atoms with Crippen LogP contribution < -0.4 is 0 Å². The van der Waals surface area contributed by atoms with Gasteiger partial charge in [0.05, 0.1) is 30.2 Å². The molecule has 1 fully saturated rings. The lowest BCUT2D eigenvalue weighted by atomic mass is 9.93. The van der Waals surface area contributed by atoms with Gasteiger partial charge in [0.1, 0.15) is 5.56 Å². The van der Waals surface area contributed by atoms with Crippen molar-refractivity contribution in [1.29, 1.82) is 0 Å². The molecule has 29 heavy (non-hydrogen) atoms. The fraction of sp³-hybridized carbons (Fsp3) is 0.261. The van der Waals surface area contributed by atoms with Crippen LogP contribution in [0.3, 0.4) is 0 Å². The summed E-state index contributed by atoms with van der Waals surface area (Å²) in [6.45, 7) is 1.81. The van der Waals surface area contributed by atoms with Gasteiger partial charge in [-0.25, -0.2) is 4.79 Å². The van der Waals surface area contributed by atoms with Crippen molar-refractivity contribution in [2.45, 2.75) is 25.2 Å². The lowest BCUT2D eigenvalue weighted by Gasteiger charge is -2.13. The molecule has 0 amide bonds. The minimum absolute atomic E-state index is 0.157. The lowest BCUT2D eigenvalue weighted by Crippen LogP contribution is -2.21. The predicted octanol–water partition coefficient (Wildman–Crippen LogP) is 4.78. The van der Waals surface area contributed by atoms with Gasteiger partial charge in [0, 0.05) is 0 Å². The van der Waals surface area contributed by atoms with Crippen LogP contribution in [0.15, 0.2) is 48.5 Å². The van der Waals surface area contributed by atoms with Crippen LogP contribution >= 0.6 is 11.5 Å². The number of carbonyl (C=O) groups is 2. The molecule has 0 aliphatic heterocycles. The smallest absolute Gasteiger partial charge is 0.341 e. The first-order valence-corrected chi connectivity index (χ1v) is 10.1. The molecule has 1 aliphatic carbocycles. The van der Waals surface area contributed by atoms with Crippen LogP contribution in [-0.2, 0) is 19.7 Å². The fourth-order valence-corrected chi connectivity index (χ4v) is 4.52. The summed E-state index contributed by atoms with van der Waals surface area (Å²) in [5.74, 6) is -0.526. The topological polar surface area (TPSA) is 65.5 Å². The van der Waals surface area contributed by atoms with Crippen LogP contribution in [-0.4, -0.2) is 30.5 Å². The summed E-state index contributed by atoms with van der Waals surface area (Å²) < 4.78 is 14.2. The monoisotopic (exact) mass is 407 g/mol. The summed E-state index contributed by atoms with van der Waals surface area (Å²) in [6.07, 6.45) is 1.68. The summed E-state index contributed by atoms with van der Waals surface area (Å²) in [5.41, 5.74) is 4.80. The second-order valence-electron chi connectivity index (χ2n) is 7.19. The summed E-state index contributed by atoms with van der Waals surface area (Å²) in [7, 11) is 2.82. The van der Waals surface area contributed by atoms with E-state index >= 15 is 0 Å². The summed E-state index contributed by atoms with van der Waals surface area (Å²) >= 11 is 1.30. The second-order valence-corrected chi connectivity index (χ2v) is 7.97. The molecule has 1 heterocycles. The molecule has 6 heteroatoms. The van der Waals surface area contributed by atoms with Crippen LogP contribution in [0, 0.1) is 6.92 Å². The van der Waals surface area contributed by atoms with Crippen molar-refractivity contribution in [1.82, 2.24) is 4.37 Å². The molecule has 0 atom stereocenters. The van der Waals surface area contributed by atoms with Gasteiger partial charge in [-0.2, -0.15) is 4.37 Å². The molecule has 1 aliphatic rings. The van der Waals surface area contributed by atoms with E-state index in [1.54, 1.807) is 0 Å². The minimum Gasteiger partial charge on any atom is -0.468 e. The number of aryl methyl sites for hydroxylation is 1. The molecule has 0 radical (unpaired) electrons. The number of aromatic nitrogens is 1. The zero-order valence-corrected chi connectivity index (χ0v) is 17.3. The molecule has 148 valence electrons. The number of hydrogen-bond donors (Lipinski definition) is 0. The van der Waals surface area contributed by atoms with Crippen molar-refractivity contribution in [3.8, 4) is 21.6 Å². The van der Waals surface area contributed by atoms with E-state index in [-0.39, 0.29) is 11.9 Å². The van der Waals surface area contributed by atoms with Crippen LogP contribution in [0.4, 0.5) is 0 Å². The van der Waals surface area contributed by atoms with Crippen molar-refractivity contribution in [2.24, 2.45) is 0 Å². The van der Waals surface area contributed by atoms with E-state index in [0.717, 1.165) is 40.0 Å². The van der Waals surface area contributed by atoms with E-state index in [2.05, 4.69) is 4.37 Å². The Bertz CT molecular complexity index is 1060. The first kappa shape index (κ1) is 19.3. The first-order valence-electron chi connectivity index (χ1n) is 9.34.